The van der Waals surface area contributed by atoms with Gasteiger partial charge in [-0.2, -0.15) is 5.10 Å². The number of carbonyl (C=O) groups is 1. The molecule has 1 heterocycles. The molecule has 0 aliphatic rings. The van der Waals surface area contributed by atoms with Gasteiger partial charge >= 0.3 is 5.97 Å². The van der Waals surface area contributed by atoms with Crippen molar-refractivity contribution in [2.24, 2.45) is 0 Å². The Morgan fingerprint density at radius 2 is 2.00 bits per heavy atom. The van der Waals surface area contributed by atoms with Gasteiger partial charge in [-0.1, -0.05) is 0 Å². The molecule has 0 fully saturated rings. The van der Waals surface area contributed by atoms with Gasteiger partial charge in [0, 0.05) is 5.69 Å². The average Bonchev–Trinajstić information content (AvgIpc) is 2.41. The number of ether oxygens (including phenoxy) is 1. The Morgan fingerprint density at radius 3 is 2.38 bits per heavy atom. The van der Waals surface area contributed by atoms with E-state index >= 15 is 0 Å². The van der Waals surface area contributed by atoms with Crippen LogP contribution in [0, 0.1) is 13.8 Å². The lowest BCUT2D eigenvalue weighted by Crippen LogP contribution is -2.29. The van der Waals surface area contributed by atoms with E-state index in [1.807, 2.05) is 40.7 Å². The summed E-state index contributed by atoms with van der Waals surface area (Å²) < 4.78 is 7.02. The second-order valence-electron chi connectivity index (χ2n) is 5.08. The van der Waals surface area contributed by atoms with Gasteiger partial charge in [-0.25, -0.2) is 4.79 Å². The van der Waals surface area contributed by atoms with Crippen molar-refractivity contribution < 1.29 is 9.53 Å². The van der Waals surface area contributed by atoms with Crippen LogP contribution in [0.3, 0.4) is 0 Å². The van der Waals surface area contributed by atoms with Gasteiger partial charge in [0.15, 0.2) is 0 Å². The number of rotatable bonds is 2. The molecule has 90 valence electrons. The molecule has 0 spiro atoms. The first-order chi connectivity index (χ1) is 7.20. The minimum Gasteiger partial charge on any atom is -0.458 e. The Labute approximate surface area is 96.6 Å². The van der Waals surface area contributed by atoms with Gasteiger partial charge in [0.25, 0.3) is 0 Å². The summed E-state index contributed by atoms with van der Waals surface area (Å²) in [4.78, 5) is 11.8. The summed E-state index contributed by atoms with van der Waals surface area (Å²) in [6.45, 7) is 11.2. The largest absolute Gasteiger partial charge is 0.458 e. The van der Waals surface area contributed by atoms with Crippen molar-refractivity contribution in [2.75, 3.05) is 0 Å². The minimum atomic E-state index is -0.457. The van der Waals surface area contributed by atoms with Gasteiger partial charge in [-0.15, -0.1) is 0 Å². The van der Waals surface area contributed by atoms with Crippen molar-refractivity contribution in [2.45, 2.75) is 53.2 Å². The van der Waals surface area contributed by atoms with E-state index in [1.165, 1.54) is 0 Å². The zero-order chi connectivity index (χ0) is 12.5. The summed E-state index contributed by atoms with van der Waals surface area (Å²) in [5.74, 6) is -0.251. The smallest absolute Gasteiger partial charge is 0.331 e. The zero-order valence-corrected chi connectivity index (χ0v) is 10.9. The van der Waals surface area contributed by atoms with Crippen molar-refractivity contribution in [3.8, 4) is 0 Å². The fourth-order valence-electron chi connectivity index (χ4n) is 1.53. The number of carbonyl (C=O) groups excluding carboxylic acids is 1. The lowest BCUT2D eigenvalue weighted by molar-refractivity contribution is -0.158. The third-order valence-corrected chi connectivity index (χ3v) is 2.16. The lowest BCUT2D eigenvalue weighted by atomic mass is 10.2. The van der Waals surface area contributed by atoms with E-state index in [1.54, 1.807) is 11.6 Å². The fraction of sp³-hybridized carbons (Fsp3) is 0.667. The molecular weight excluding hydrogens is 204 g/mol. The van der Waals surface area contributed by atoms with Crippen molar-refractivity contribution in [3.05, 3.63) is 17.5 Å². The Balaban J connectivity index is 2.82. The number of hydrogen-bond donors (Lipinski definition) is 0. The maximum Gasteiger partial charge on any atom is 0.331 e. The van der Waals surface area contributed by atoms with Crippen LogP contribution in [-0.2, 0) is 9.53 Å². The molecule has 1 aromatic heterocycles. The van der Waals surface area contributed by atoms with E-state index in [0.29, 0.717) is 0 Å². The molecular formula is C12H20N2O2. The van der Waals surface area contributed by atoms with Gasteiger partial charge < -0.3 is 4.74 Å². The highest BCUT2D eigenvalue weighted by atomic mass is 16.6. The monoisotopic (exact) mass is 224 g/mol. The molecule has 0 saturated heterocycles. The van der Waals surface area contributed by atoms with Crippen molar-refractivity contribution >= 4 is 5.97 Å². The molecule has 0 amide bonds. The maximum atomic E-state index is 11.8. The molecule has 0 N–H and O–H groups in total. The molecule has 1 atom stereocenters. The van der Waals surface area contributed by atoms with Crippen molar-refractivity contribution in [1.82, 2.24) is 9.78 Å². The molecule has 0 radical (unpaired) electrons. The topological polar surface area (TPSA) is 44.1 Å². The number of aryl methyl sites for hydroxylation is 2. The summed E-state index contributed by atoms with van der Waals surface area (Å²) >= 11 is 0. The Kier molecular flexibility index (Phi) is 3.41. The maximum absolute atomic E-state index is 11.8. The SMILES string of the molecule is Cc1cc(C)n(C(C)C(=O)OC(C)(C)C)n1. The first kappa shape index (κ1) is 12.7. The molecule has 1 aromatic rings. The summed E-state index contributed by atoms with van der Waals surface area (Å²) in [7, 11) is 0. The number of nitrogens with zero attached hydrogens (tertiary/aromatic N) is 2. The standard InChI is InChI=1S/C12H20N2O2/c1-8-7-9(2)14(13-8)10(3)11(15)16-12(4,5)6/h7,10H,1-6H3. The third kappa shape index (κ3) is 3.08. The third-order valence-electron chi connectivity index (χ3n) is 2.16. The Bertz CT molecular complexity index is 388. The highest BCUT2D eigenvalue weighted by molar-refractivity contribution is 5.74. The second-order valence-corrected chi connectivity index (χ2v) is 5.08. The Hall–Kier alpha value is -1.32. The molecule has 0 bridgehead atoms. The predicted octanol–water partition coefficient (Wildman–Crippen LogP) is 2.40. The van der Waals surface area contributed by atoms with Crippen LogP contribution in [0.15, 0.2) is 6.07 Å². The van der Waals surface area contributed by atoms with Gasteiger partial charge in [0.2, 0.25) is 0 Å². The van der Waals surface area contributed by atoms with Crippen LogP contribution in [0.4, 0.5) is 0 Å². The van der Waals surface area contributed by atoms with E-state index in [2.05, 4.69) is 5.10 Å². The van der Waals surface area contributed by atoms with Crippen LogP contribution in [0.25, 0.3) is 0 Å². The van der Waals surface area contributed by atoms with Crippen LogP contribution in [0.5, 0.6) is 0 Å². The number of esters is 1. The molecule has 0 aromatic carbocycles. The van der Waals surface area contributed by atoms with Crippen molar-refractivity contribution in [1.29, 1.82) is 0 Å². The molecule has 4 heteroatoms. The molecule has 16 heavy (non-hydrogen) atoms. The van der Waals surface area contributed by atoms with Crippen molar-refractivity contribution in [3.63, 3.8) is 0 Å². The molecule has 0 saturated carbocycles. The van der Waals surface area contributed by atoms with E-state index < -0.39 is 5.60 Å². The highest BCUT2D eigenvalue weighted by Gasteiger charge is 2.24. The predicted molar refractivity (Wildman–Crippen MR) is 62.3 cm³/mol. The lowest BCUT2D eigenvalue weighted by Gasteiger charge is -2.22. The highest BCUT2D eigenvalue weighted by Crippen LogP contribution is 2.16. The quantitative estimate of drug-likeness (QED) is 0.724. The van der Waals surface area contributed by atoms with Crippen LogP contribution in [0.1, 0.15) is 45.1 Å². The second kappa shape index (κ2) is 4.28. The summed E-state index contributed by atoms with van der Waals surface area (Å²) in [6, 6.07) is 1.56. The normalized spacial score (nSPS) is 13.6. The summed E-state index contributed by atoms with van der Waals surface area (Å²) in [5.41, 5.74) is 1.42. The first-order valence-corrected chi connectivity index (χ1v) is 5.46. The van der Waals surface area contributed by atoms with E-state index in [0.717, 1.165) is 11.4 Å². The van der Waals surface area contributed by atoms with Crippen LogP contribution >= 0.6 is 0 Å². The van der Waals surface area contributed by atoms with E-state index in [-0.39, 0.29) is 12.0 Å². The molecule has 4 nitrogen and oxygen atoms in total. The molecule has 0 aliphatic carbocycles. The number of aromatic nitrogens is 2. The van der Waals surface area contributed by atoms with Crippen LogP contribution in [-0.4, -0.2) is 21.4 Å². The van der Waals surface area contributed by atoms with E-state index in [9.17, 15) is 4.79 Å². The molecule has 1 rings (SSSR count). The zero-order valence-electron chi connectivity index (χ0n) is 10.9. The van der Waals surface area contributed by atoms with Crippen LogP contribution in [0.2, 0.25) is 0 Å². The van der Waals surface area contributed by atoms with E-state index in [4.69, 9.17) is 4.74 Å². The molecule has 0 aliphatic heterocycles. The summed E-state index contributed by atoms with van der Waals surface area (Å²) in [5, 5.41) is 4.28. The summed E-state index contributed by atoms with van der Waals surface area (Å²) in [6.07, 6.45) is 0. The first-order valence-electron chi connectivity index (χ1n) is 5.46. The Morgan fingerprint density at radius 1 is 1.44 bits per heavy atom. The fourth-order valence-corrected chi connectivity index (χ4v) is 1.53. The van der Waals surface area contributed by atoms with Gasteiger partial charge in [0.1, 0.15) is 11.6 Å². The van der Waals surface area contributed by atoms with Gasteiger partial charge in [-0.05, 0) is 47.6 Å². The van der Waals surface area contributed by atoms with Gasteiger partial charge in [-0.3, -0.25) is 4.68 Å². The molecule has 1 unspecified atom stereocenters. The van der Waals surface area contributed by atoms with Gasteiger partial charge in [0.05, 0.1) is 5.69 Å². The minimum absolute atomic E-state index is 0.251. The average molecular weight is 224 g/mol. The number of hydrogen-bond acceptors (Lipinski definition) is 3. The van der Waals surface area contributed by atoms with Crippen LogP contribution < -0.4 is 0 Å².